The van der Waals surface area contributed by atoms with Gasteiger partial charge in [-0.3, -0.25) is 9.63 Å². The molecule has 0 atom stereocenters. The van der Waals surface area contributed by atoms with Gasteiger partial charge in [-0.05, 0) is 40.5 Å². The number of hydrogen-bond donors (Lipinski definition) is 3. The third kappa shape index (κ3) is 4.49. The Kier molecular flexibility index (Phi) is 6.16. The number of benzene rings is 1. The molecule has 0 aliphatic rings. The Hall–Kier alpha value is -2.66. The van der Waals surface area contributed by atoms with Gasteiger partial charge in [0, 0.05) is 6.20 Å². The van der Waals surface area contributed by atoms with Crippen LogP contribution in [-0.4, -0.2) is 28.6 Å². The molecule has 7 nitrogen and oxygen atoms in total. The molecule has 0 bridgehead atoms. The van der Waals surface area contributed by atoms with E-state index in [1.807, 2.05) is 0 Å². The average Bonchev–Trinajstić information content (AvgIpc) is 2.56. The van der Waals surface area contributed by atoms with E-state index < -0.39 is 47.2 Å². The summed E-state index contributed by atoms with van der Waals surface area (Å²) in [6.07, 6.45) is 1.43. The SMILES string of the molecule is Cc1cnc(Nc2c(C(=O)NOCC(=O)O)cc(F)c(F)c2F)c(Br)c1. The highest BCUT2D eigenvalue weighted by Crippen LogP contribution is 2.30. The first kappa shape index (κ1) is 19.7. The summed E-state index contributed by atoms with van der Waals surface area (Å²) in [5.74, 6) is -7.57. The molecule has 0 aliphatic heterocycles. The van der Waals surface area contributed by atoms with E-state index in [0.29, 0.717) is 10.5 Å². The number of anilines is 2. The molecule has 1 heterocycles. The third-order valence-electron chi connectivity index (χ3n) is 2.99. The molecule has 1 amide bonds. The van der Waals surface area contributed by atoms with Crippen LogP contribution in [0.1, 0.15) is 15.9 Å². The van der Waals surface area contributed by atoms with Gasteiger partial charge in [0.25, 0.3) is 5.91 Å². The zero-order chi connectivity index (χ0) is 19.4. The number of aliphatic carboxylic acids is 1. The smallest absolute Gasteiger partial charge is 0.332 e. The normalized spacial score (nSPS) is 10.5. The second-order valence-electron chi connectivity index (χ2n) is 4.99. The summed E-state index contributed by atoms with van der Waals surface area (Å²) in [5, 5.41) is 10.9. The van der Waals surface area contributed by atoms with Gasteiger partial charge in [0.05, 0.1) is 15.7 Å². The fraction of sp³-hybridized carbons (Fsp3) is 0.133. The highest BCUT2D eigenvalue weighted by molar-refractivity contribution is 9.10. The molecule has 0 saturated heterocycles. The molecular weight excluding hydrogens is 423 g/mol. The maximum atomic E-state index is 14.2. The summed E-state index contributed by atoms with van der Waals surface area (Å²) in [7, 11) is 0. The van der Waals surface area contributed by atoms with E-state index in [2.05, 4.69) is 31.1 Å². The minimum absolute atomic E-state index is 0.0426. The molecule has 0 radical (unpaired) electrons. The van der Waals surface area contributed by atoms with Gasteiger partial charge in [-0.1, -0.05) is 0 Å². The number of aryl methyl sites for hydroxylation is 1. The second-order valence-corrected chi connectivity index (χ2v) is 5.84. The minimum Gasteiger partial charge on any atom is -0.479 e. The Labute approximate surface area is 153 Å². The number of aromatic nitrogens is 1. The van der Waals surface area contributed by atoms with Crippen molar-refractivity contribution >= 4 is 39.3 Å². The predicted molar refractivity (Wildman–Crippen MR) is 87.3 cm³/mol. The van der Waals surface area contributed by atoms with Crippen LogP contribution < -0.4 is 10.8 Å². The number of carbonyl (C=O) groups is 2. The van der Waals surface area contributed by atoms with Crippen molar-refractivity contribution in [3.8, 4) is 0 Å². The molecule has 0 saturated carbocycles. The van der Waals surface area contributed by atoms with Gasteiger partial charge < -0.3 is 10.4 Å². The largest absolute Gasteiger partial charge is 0.479 e. The van der Waals surface area contributed by atoms with Crippen molar-refractivity contribution in [2.45, 2.75) is 6.92 Å². The number of hydroxylamine groups is 1. The summed E-state index contributed by atoms with van der Waals surface area (Å²) in [6.45, 7) is 0.865. The van der Waals surface area contributed by atoms with Crippen LogP contribution in [0.4, 0.5) is 24.7 Å². The summed E-state index contributed by atoms with van der Waals surface area (Å²) in [5.41, 5.74) is 1.13. The van der Waals surface area contributed by atoms with Gasteiger partial charge in [-0.15, -0.1) is 0 Å². The fourth-order valence-corrected chi connectivity index (χ4v) is 2.42. The van der Waals surface area contributed by atoms with Gasteiger partial charge in [0.1, 0.15) is 5.82 Å². The summed E-state index contributed by atoms with van der Waals surface area (Å²) >= 11 is 3.18. The number of hydrogen-bond acceptors (Lipinski definition) is 5. The van der Waals surface area contributed by atoms with Gasteiger partial charge in [0.15, 0.2) is 24.1 Å². The van der Waals surface area contributed by atoms with E-state index in [0.717, 1.165) is 5.56 Å². The zero-order valence-electron chi connectivity index (χ0n) is 13.1. The molecule has 2 aromatic rings. The van der Waals surface area contributed by atoms with Crippen molar-refractivity contribution in [1.29, 1.82) is 0 Å². The van der Waals surface area contributed by atoms with Crippen molar-refractivity contribution in [2.75, 3.05) is 11.9 Å². The molecule has 1 aromatic carbocycles. The first-order valence-electron chi connectivity index (χ1n) is 6.91. The van der Waals surface area contributed by atoms with Crippen LogP contribution in [0.3, 0.4) is 0 Å². The summed E-state index contributed by atoms with van der Waals surface area (Å²) in [6, 6.07) is 2.07. The van der Waals surface area contributed by atoms with Gasteiger partial charge in [-0.2, -0.15) is 0 Å². The monoisotopic (exact) mass is 433 g/mol. The molecular formula is C15H11BrF3N3O4. The highest BCUT2D eigenvalue weighted by Gasteiger charge is 2.24. The van der Waals surface area contributed by atoms with E-state index >= 15 is 0 Å². The van der Waals surface area contributed by atoms with Crippen molar-refractivity contribution in [3.63, 3.8) is 0 Å². The number of pyridine rings is 1. The van der Waals surface area contributed by atoms with E-state index in [1.165, 1.54) is 6.20 Å². The molecule has 0 spiro atoms. The number of nitrogens with one attached hydrogen (secondary N) is 2. The lowest BCUT2D eigenvalue weighted by Crippen LogP contribution is -2.28. The quantitative estimate of drug-likeness (QED) is 0.478. The van der Waals surface area contributed by atoms with Crippen LogP contribution in [0, 0.1) is 24.4 Å². The molecule has 0 unspecified atom stereocenters. The molecule has 2 rings (SSSR count). The van der Waals surface area contributed by atoms with Crippen LogP contribution in [0.25, 0.3) is 0 Å². The Morgan fingerprint density at radius 3 is 2.58 bits per heavy atom. The van der Waals surface area contributed by atoms with Crippen LogP contribution in [0.2, 0.25) is 0 Å². The Morgan fingerprint density at radius 1 is 1.27 bits per heavy atom. The van der Waals surface area contributed by atoms with Crippen LogP contribution >= 0.6 is 15.9 Å². The van der Waals surface area contributed by atoms with Gasteiger partial charge >= 0.3 is 5.97 Å². The minimum atomic E-state index is -1.79. The van der Waals surface area contributed by atoms with E-state index in [-0.39, 0.29) is 5.82 Å². The van der Waals surface area contributed by atoms with Crippen molar-refractivity contribution in [1.82, 2.24) is 10.5 Å². The average molecular weight is 434 g/mol. The maximum Gasteiger partial charge on any atom is 0.332 e. The van der Waals surface area contributed by atoms with Crippen LogP contribution in [-0.2, 0) is 9.63 Å². The van der Waals surface area contributed by atoms with E-state index in [1.54, 1.807) is 18.5 Å². The third-order valence-corrected chi connectivity index (χ3v) is 3.59. The second kappa shape index (κ2) is 8.15. The highest BCUT2D eigenvalue weighted by atomic mass is 79.9. The lowest BCUT2D eigenvalue weighted by Gasteiger charge is -2.14. The molecule has 26 heavy (non-hydrogen) atoms. The zero-order valence-corrected chi connectivity index (χ0v) is 14.7. The lowest BCUT2D eigenvalue weighted by atomic mass is 10.1. The Morgan fingerprint density at radius 2 is 1.96 bits per heavy atom. The topological polar surface area (TPSA) is 101 Å². The number of halogens is 4. The van der Waals surface area contributed by atoms with Crippen molar-refractivity contribution in [3.05, 3.63) is 51.4 Å². The maximum absolute atomic E-state index is 14.2. The molecule has 0 fully saturated rings. The molecule has 11 heteroatoms. The lowest BCUT2D eigenvalue weighted by molar-refractivity contribution is -0.144. The first-order valence-corrected chi connectivity index (χ1v) is 7.70. The predicted octanol–water partition coefficient (Wildman–Crippen LogP) is 3.06. The standard InChI is InChI=1S/C15H11BrF3N3O4/c1-6-2-8(16)14(20-4-6)21-13-7(3-9(17)11(18)12(13)19)15(25)22-26-5-10(23)24/h2-4H,5H2,1H3,(H,20,21)(H,22,25)(H,23,24). The summed E-state index contributed by atoms with van der Waals surface area (Å²) < 4.78 is 41.7. The first-order chi connectivity index (χ1) is 12.2. The van der Waals surface area contributed by atoms with Crippen molar-refractivity contribution in [2.24, 2.45) is 0 Å². The number of carboxylic acids is 1. The molecule has 3 N–H and O–H groups in total. The number of nitrogens with zero attached hydrogens (tertiary/aromatic N) is 1. The number of carbonyl (C=O) groups excluding carboxylic acids is 1. The molecule has 0 aliphatic carbocycles. The molecule has 138 valence electrons. The van der Waals surface area contributed by atoms with Gasteiger partial charge in [-0.25, -0.2) is 28.4 Å². The Bertz CT molecular complexity index is 880. The van der Waals surface area contributed by atoms with E-state index in [9.17, 15) is 22.8 Å². The van der Waals surface area contributed by atoms with Gasteiger partial charge in [0.2, 0.25) is 0 Å². The Balaban J connectivity index is 2.41. The van der Waals surface area contributed by atoms with E-state index in [4.69, 9.17) is 5.11 Å². The summed E-state index contributed by atoms with van der Waals surface area (Å²) in [4.78, 5) is 30.8. The van der Waals surface area contributed by atoms with Crippen LogP contribution in [0.15, 0.2) is 22.8 Å². The number of carboxylic acid groups (broad SMARTS) is 1. The fourth-order valence-electron chi connectivity index (χ4n) is 1.86. The van der Waals surface area contributed by atoms with Crippen LogP contribution in [0.5, 0.6) is 0 Å². The molecule has 1 aromatic heterocycles. The number of amides is 1. The van der Waals surface area contributed by atoms with Crippen molar-refractivity contribution < 1.29 is 32.7 Å². The number of rotatable bonds is 6.